The third kappa shape index (κ3) is 3.02. The van der Waals surface area contributed by atoms with E-state index in [0.29, 0.717) is 35.6 Å². The number of hydrogen-bond acceptors (Lipinski definition) is 6. The van der Waals surface area contributed by atoms with Crippen molar-refractivity contribution in [3.05, 3.63) is 53.2 Å². The van der Waals surface area contributed by atoms with Gasteiger partial charge in [-0.05, 0) is 24.1 Å². The van der Waals surface area contributed by atoms with E-state index in [1.807, 2.05) is 0 Å². The molecule has 1 aromatic carbocycles. The quantitative estimate of drug-likeness (QED) is 0.421. The van der Waals surface area contributed by atoms with Crippen molar-refractivity contribution in [2.75, 3.05) is 11.1 Å². The summed E-state index contributed by atoms with van der Waals surface area (Å²) in [4.78, 5) is 8.30. The summed E-state index contributed by atoms with van der Waals surface area (Å²) in [6.45, 7) is 0. The van der Waals surface area contributed by atoms with Crippen LogP contribution in [0.15, 0.2) is 30.6 Å². The van der Waals surface area contributed by atoms with E-state index in [1.54, 1.807) is 18.5 Å². The number of nitrogen functional groups attached to an aromatic ring is 1. The number of aromatic nitrogens is 6. The van der Waals surface area contributed by atoms with Crippen LogP contribution in [0.1, 0.15) is 29.2 Å². The summed E-state index contributed by atoms with van der Waals surface area (Å²) >= 11 is 0. The summed E-state index contributed by atoms with van der Waals surface area (Å²) in [5.41, 5.74) is 8.54. The number of fused-ring (bicyclic) bond motifs is 1. The van der Waals surface area contributed by atoms with Crippen molar-refractivity contribution in [3.8, 4) is 0 Å². The maximum Gasteiger partial charge on any atom is 0.221 e. The van der Waals surface area contributed by atoms with Crippen molar-refractivity contribution in [1.82, 2.24) is 30.4 Å². The minimum Gasteiger partial charge on any atom is -0.368 e. The minimum absolute atomic E-state index is 0.0979. The Balaban J connectivity index is 1.47. The Kier molecular flexibility index (Phi) is 3.71. The van der Waals surface area contributed by atoms with E-state index in [2.05, 4.69) is 35.7 Å². The molecular weight excluding hydrogens is 366 g/mol. The first-order valence-electron chi connectivity index (χ1n) is 8.76. The number of benzene rings is 1. The van der Waals surface area contributed by atoms with E-state index in [1.165, 1.54) is 12.1 Å². The standard InChI is InChI=1S/C18H16F2N8/c19-10-2-8(12-7-23-26-14(12)3-10)1-9-6-22-18(21)25-17(9)24-16-5-15(27-28-16)11-4-13(11)20/h2-3,5-7,11,13H,1,4H2,(H,23,26)(H4,21,22,24,25,27,28)/t11-,13-/m0/s1. The van der Waals surface area contributed by atoms with Crippen LogP contribution in [0.5, 0.6) is 0 Å². The third-order valence-corrected chi connectivity index (χ3v) is 4.83. The Morgan fingerprint density at radius 3 is 2.86 bits per heavy atom. The molecule has 5 rings (SSSR count). The van der Waals surface area contributed by atoms with Crippen molar-refractivity contribution in [2.24, 2.45) is 0 Å². The highest BCUT2D eigenvalue weighted by molar-refractivity contribution is 5.82. The van der Waals surface area contributed by atoms with Gasteiger partial charge in [0.1, 0.15) is 17.8 Å². The Morgan fingerprint density at radius 2 is 2.04 bits per heavy atom. The number of halogens is 2. The number of rotatable bonds is 5. The summed E-state index contributed by atoms with van der Waals surface area (Å²) < 4.78 is 27.2. The zero-order valence-corrected chi connectivity index (χ0v) is 14.6. The molecule has 28 heavy (non-hydrogen) atoms. The number of nitrogens with one attached hydrogen (secondary N) is 3. The molecule has 0 aliphatic heterocycles. The summed E-state index contributed by atoms with van der Waals surface area (Å²) in [6.07, 6.45) is 3.30. The number of anilines is 3. The molecule has 4 aromatic rings. The molecule has 3 aromatic heterocycles. The average Bonchev–Trinajstić information content (AvgIpc) is 3.05. The Morgan fingerprint density at radius 1 is 1.18 bits per heavy atom. The number of hydrogen-bond donors (Lipinski definition) is 4. The predicted molar refractivity (Wildman–Crippen MR) is 99.4 cm³/mol. The average molecular weight is 382 g/mol. The zero-order chi connectivity index (χ0) is 19.3. The molecule has 142 valence electrons. The maximum atomic E-state index is 13.9. The van der Waals surface area contributed by atoms with Crippen LogP contribution in [0.25, 0.3) is 10.9 Å². The number of nitrogens with two attached hydrogens (primary N) is 1. The molecule has 1 aliphatic carbocycles. The lowest BCUT2D eigenvalue weighted by Gasteiger charge is -2.10. The molecule has 1 saturated carbocycles. The zero-order valence-electron chi connectivity index (χ0n) is 14.6. The molecule has 0 amide bonds. The van der Waals surface area contributed by atoms with Gasteiger partial charge in [-0.3, -0.25) is 10.2 Å². The van der Waals surface area contributed by atoms with Gasteiger partial charge in [0, 0.05) is 41.2 Å². The smallest absolute Gasteiger partial charge is 0.221 e. The van der Waals surface area contributed by atoms with E-state index in [9.17, 15) is 8.78 Å². The van der Waals surface area contributed by atoms with E-state index in [-0.39, 0.29) is 17.7 Å². The third-order valence-electron chi connectivity index (χ3n) is 4.83. The summed E-state index contributed by atoms with van der Waals surface area (Å²) in [7, 11) is 0. The van der Waals surface area contributed by atoms with Crippen molar-refractivity contribution in [1.29, 1.82) is 0 Å². The van der Waals surface area contributed by atoms with Crippen LogP contribution in [0.2, 0.25) is 0 Å². The number of nitrogens with zero attached hydrogens (tertiary/aromatic N) is 4. The molecule has 1 aliphatic rings. The molecule has 10 heteroatoms. The first-order valence-corrected chi connectivity index (χ1v) is 8.76. The topological polar surface area (TPSA) is 121 Å². The molecule has 0 radical (unpaired) electrons. The van der Waals surface area contributed by atoms with Crippen molar-refractivity contribution in [3.63, 3.8) is 0 Å². The van der Waals surface area contributed by atoms with Gasteiger partial charge in [-0.1, -0.05) is 0 Å². The van der Waals surface area contributed by atoms with Crippen molar-refractivity contribution in [2.45, 2.75) is 24.9 Å². The van der Waals surface area contributed by atoms with Crippen LogP contribution in [0.4, 0.5) is 26.4 Å². The number of aromatic amines is 2. The molecule has 0 spiro atoms. The van der Waals surface area contributed by atoms with E-state index < -0.39 is 6.17 Å². The van der Waals surface area contributed by atoms with Gasteiger partial charge in [0.05, 0.1) is 11.7 Å². The molecule has 8 nitrogen and oxygen atoms in total. The van der Waals surface area contributed by atoms with Gasteiger partial charge in [-0.15, -0.1) is 0 Å². The van der Waals surface area contributed by atoms with Gasteiger partial charge in [0.2, 0.25) is 5.95 Å². The maximum absolute atomic E-state index is 13.9. The Hall–Kier alpha value is -3.56. The molecular formula is C18H16F2N8. The Labute approximate surface area is 157 Å². The second-order valence-corrected chi connectivity index (χ2v) is 6.87. The second-order valence-electron chi connectivity index (χ2n) is 6.87. The molecule has 5 N–H and O–H groups in total. The molecule has 0 saturated heterocycles. The van der Waals surface area contributed by atoms with Gasteiger partial charge in [-0.25, -0.2) is 13.8 Å². The summed E-state index contributed by atoms with van der Waals surface area (Å²) in [5, 5.41) is 17.7. The van der Waals surface area contributed by atoms with Crippen molar-refractivity contribution < 1.29 is 8.78 Å². The summed E-state index contributed by atoms with van der Waals surface area (Å²) in [5.74, 6) is 0.570. The molecule has 1 fully saturated rings. The number of H-pyrrole nitrogens is 2. The highest BCUT2D eigenvalue weighted by Gasteiger charge is 2.40. The minimum atomic E-state index is -0.816. The van der Waals surface area contributed by atoms with Gasteiger partial charge >= 0.3 is 0 Å². The first kappa shape index (κ1) is 16.6. The lowest BCUT2D eigenvalue weighted by atomic mass is 10.0. The van der Waals surface area contributed by atoms with E-state index >= 15 is 0 Å². The predicted octanol–water partition coefficient (Wildman–Crippen LogP) is 2.96. The van der Waals surface area contributed by atoms with Crippen LogP contribution >= 0.6 is 0 Å². The fourth-order valence-corrected chi connectivity index (χ4v) is 3.29. The van der Waals surface area contributed by atoms with Crippen molar-refractivity contribution >= 4 is 28.5 Å². The van der Waals surface area contributed by atoms with E-state index in [4.69, 9.17) is 5.73 Å². The fraction of sp³-hybridized carbons (Fsp3) is 0.222. The number of alkyl halides is 1. The van der Waals surface area contributed by atoms with Crippen LogP contribution in [-0.4, -0.2) is 36.5 Å². The highest BCUT2D eigenvalue weighted by atomic mass is 19.1. The van der Waals surface area contributed by atoms with Crippen LogP contribution in [-0.2, 0) is 6.42 Å². The Bertz CT molecular complexity index is 1170. The SMILES string of the molecule is Nc1ncc(Cc2cc(F)cc3[nH]ncc23)c(Nc2cc([C@H]3C[C@@H]3F)[nH]n2)n1. The normalized spacial score (nSPS) is 18.5. The summed E-state index contributed by atoms with van der Waals surface area (Å²) in [6, 6.07) is 4.60. The van der Waals surface area contributed by atoms with Gasteiger partial charge in [-0.2, -0.15) is 15.2 Å². The molecule has 3 heterocycles. The van der Waals surface area contributed by atoms with E-state index in [0.717, 1.165) is 16.6 Å². The van der Waals surface area contributed by atoms with Gasteiger partial charge in [0.15, 0.2) is 5.82 Å². The molecule has 0 bridgehead atoms. The molecule has 0 unspecified atom stereocenters. The van der Waals surface area contributed by atoms with Crippen LogP contribution in [0, 0.1) is 5.82 Å². The fourth-order valence-electron chi connectivity index (χ4n) is 3.29. The monoisotopic (exact) mass is 382 g/mol. The van der Waals surface area contributed by atoms with Gasteiger partial charge < -0.3 is 11.1 Å². The van der Waals surface area contributed by atoms with Crippen LogP contribution < -0.4 is 11.1 Å². The highest BCUT2D eigenvalue weighted by Crippen LogP contribution is 2.43. The lowest BCUT2D eigenvalue weighted by Crippen LogP contribution is -2.05. The lowest BCUT2D eigenvalue weighted by molar-refractivity contribution is 0.466. The van der Waals surface area contributed by atoms with Gasteiger partial charge in [0.25, 0.3) is 0 Å². The first-order chi connectivity index (χ1) is 13.6. The molecule has 2 atom stereocenters. The second kappa shape index (κ2) is 6.25. The largest absolute Gasteiger partial charge is 0.368 e. The van der Waals surface area contributed by atoms with Crippen LogP contribution in [0.3, 0.4) is 0 Å².